The number of halogens is 3. The maximum absolute atomic E-state index is 13.0. The standard InChI is InChI=1S/C11H8Br2FNS/c12-9-3-6(14)1-2-7(9)11(15)8-4-16-5-10(8)13/h1-5,11H,15H2. The Morgan fingerprint density at radius 1 is 1.12 bits per heavy atom. The zero-order valence-corrected chi connectivity index (χ0v) is 12.1. The Morgan fingerprint density at radius 3 is 2.44 bits per heavy atom. The summed E-state index contributed by atoms with van der Waals surface area (Å²) in [4.78, 5) is 0. The van der Waals surface area contributed by atoms with Gasteiger partial charge >= 0.3 is 0 Å². The van der Waals surface area contributed by atoms with Crippen molar-refractivity contribution in [1.29, 1.82) is 0 Å². The maximum Gasteiger partial charge on any atom is 0.124 e. The minimum atomic E-state index is -0.271. The van der Waals surface area contributed by atoms with E-state index in [0.717, 1.165) is 15.6 Å². The van der Waals surface area contributed by atoms with Gasteiger partial charge in [-0.05, 0) is 44.6 Å². The first kappa shape index (κ1) is 12.2. The molecule has 16 heavy (non-hydrogen) atoms. The van der Waals surface area contributed by atoms with Gasteiger partial charge in [0.1, 0.15) is 5.82 Å². The van der Waals surface area contributed by atoms with E-state index in [1.807, 2.05) is 10.8 Å². The van der Waals surface area contributed by atoms with Crippen molar-refractivity contribution in [2.75, 3.05) is 0 Å². The highest BCUT2D eigenvalue weighted by atomic mass is 79.9. The third kappa shape index (κ3) is 2.37. The monoisotopic (exact) mass is 363 g/mol. The molecule has 84 valence electrons. The second-order valence-corrected chi connectivity index (χ2v) is 5.77. The van der Waals surface area contributed by atoms with Gasteiger partial charge in [-0.2, -0.15) is 11.3 Å². The molecule has 0 aliphatic rings. The summed E-state index contributed by atoms with van der Waals surface area (Å²) in [6.07, 6.45) is 0. The highest BCUT2D eigenvalue weighted by Crippen LogP contribution is 2.33. The summed E-state index contributed by atoms with van der Waals surface area (Å²) in [6.45, 7) is 0. The largest absolute Gasteiger partial charge is 0.320 e. The number of rotatable bonds is 2. The van der Waals surface area contributed by atoms with Gasteiger partial charge in [-0.3, -0.25) is 0 Å². The quantitative estimate of drug-likeness (QED) is 0.836. The Balaban J connectivity index is 2.41. The topological polar surface area (TPSA) is 26.0 Å². The average molecular weight is 365 g/mol. The van der Waals surface area contributed by atoms with Gasteiger partial charge in [0.05, 0.1) is 6.04 Å². The molecule has 1 atom stereocenters. The molecule has 2 N–H and O–H groups in total. The normalized spacial score (nSPS) is 12.8. The van der Waals surface area contributed by atoms with Crippen LogP contribution in [-0.2, 0) is 0 Å². The van der Waals surface area contributed by atoms with Crippen molar-refractivity contribution < 1.29 is 4.39 Å². The van der Waals surface area contributed by atoms with Gasteiger partial charge in [0.2, 0.25) is 0 Å². The van der Waals surface area contributed by atoms with E-state index in [-0.39, 0.29) is 11.9 Å². The van der Waals surface area contributed by atoms with Crippen LogP contribution in [0.5, 0.6) is 0 Å². The molecule has 0 saturated carbocycles. The smallest absolute Gasteiger partial charge is 0.124 e. The van der Waals surface area contributed by atoms with E-state index in [1.165, 1.54) is 12.1 Å². The van der Waals surface area contributed by atoms with Gasteiger partial charge in [-0.25, -0.2) is 4.39 Å². The van der Waals surface area contributed by atoms with Crippen molar-refractivity contribution in [1.82, 2.24) is 0 Å². The predicted molar refractivity (Wildman–Crippen MR) is 72.1 cm³/mol. The Bertz CT molecular complexity index is 512. The van der Waals surface area contributed by atoms with Crippen molar-refractivity contribution in [3.05, 3.63) is 54.8 Å². The second-order valence-electron chi connectivity index (χ2n) is 3.32. The summed E-state index contributed by atoms with van der Waals surface area (Å²) in [5.74, 6) is -0.271. The number of thiophene rings is 1. The van der Waals surface area contributed by atoms with E-state index in [2.05, 4.69) is 31.9 Å². The van der Waals surface area contributed by atoms with E-state index in [4.69, 9.17) is 5.73 Å². The maximum atomic E-state index is 13.0. The van der Waals surface area contributed by atoms with Crippen LogP contribution in [0, 0.1) is 5.82 Å². The molecule has 0 amide bonds. The Hall–Kier alpha value is -0.230. The lowest BCUT2D eigenvalue weighted by atomic mass is 10.0. The lowest BCUT2D eigenvalue weighted by Gasteiger charge is -2.13. The fourth-order valence-corrected chi connectivity index (χ4v) is 3.61. The van der Waals surface area contributed by atoms with Crippen LogP contribution < -0.4 is 5.73 Å². The van der Waals surface area contributed by atoms with Gasteiger partial charge in [-0.1, -0.05) is 22.0 Å². The van der Waals surface area contributed by atoms with Crippen LogP contribution in [0.2, 0.25) is 0 Å². The molecule has 1 unspecified atom stereocenters. The predicted octanol–water partition coefficient (Wildman–Crippen LogP) is 4.46. The highest BCUT2D eigenvalue weighted by Gasteiger charge is 2.15. The molecule has 0 aliphatic heterocycles. The van der Waals surface area contributed by atoms with Gasteiger partial charge in [0, 0.05) is 14.3 Å². The van der Waals surface area contributed by atoms with Crippen LogP contribution in [0.15, 0.2) is 37.9 Å². The Labute approximate surface area is 114 Å². The zero-order valence-electron chi connectivity index (χ0n) is 8.08. The third-order valence-electron chi connectivity index (χ3n) is 2.27. The number of nitrogens with two attached hydrogens (primary N) is 1. The molecule has 5 heteroatoms. The number of hydrogen-bond donors (Lipinski definition) is 1. The summed E-state index contributed by atoms with van der Waals surface area (Å²) in [5.41, 5.74) is 8.02. The lowest BCUT2D eigenvalue weighted by Crippen LogP contribution is -2.12. The van der Waals surface area contributed by atoms with E-state index in [1.54, 1.807) is 17.4 Å². The average Bonchev–Trinajstić information content (AvgIpc) is 2.63. The summed E-state index contributed by atoms with van der Waals surface area (Å²) in [5, 5.41) is 3.97. The second kappa shape index (κ2) is 4.96. The van der Waals surface area contributed by atoms with E-state index in [0.29, 0.717) is 4.47 Å². The van der Waals surface area contributed by atoms with Crippen LogP contribution >= 0.6 is 43.2 Å². The molecule has 1 aromatic heterocycles. The molecule has 1 nitrogen and oxygen atoms in total. The summed E-state index contributed by atoms with van der Waals surface area (Å²) >= 11 is 8.35. The Morgan fingerprint density at radius 2 is 1.88 bits per heavy atom. The molecule has 1 heterocycles. The van der Waals surface area contributed by atoms with Crippen LogP contribution in [0.4, 0.5) is 4.39 Å². The molecule has 0 bridgehead atoms. The van der Waals surface area contributed by atoms with Crippen molar-refractivity contribution >= 4 is 43.2 Å². The molecular weight excluding hydrogens is 357 g/mol. The molecule has 0 fully saturated rings. The summed E-state index contributed by atoms with van der Waals surface area (Å²) in [6, 6.07) is 4.29. The molecule has 0 spiro atoms. The first-order valence-electron chi connectivity index (χ1n) is 4.51. The first-order valence-corrected chi connectivity index (χ1v) is 7.04. The van der Waals surface area contributed by atoms with Crippen molar-refractivity contribution in [2.45, 2.75) is 6.04 Å². The van der Waals surface area contributed by atoms with Gasteiger partial charge in [0.15, 0.2) is 0 Å². The minimum Gasteiger partial charge on any atom is -0.320 e. The van der Waals surface area contributed by atoms with Crippen LogP contribution in [0.1, 0.15) is 17.2 Å². The molecule has 1 aromatic carbocycles. The van der Waals surface area contributed by atoms with Gasteiger partial charge in [-0.15, -0.1) is 0 Å². The molecule has 0 aliphatic carbocycles. The van der Waals surface area contributed by atoms with Crippen molar-refractivity contribution in [3.63, 3.8) is 0 Å². The van der Waals surface area contributed by atoms with Crippen LogP contribution in [-0.4, -0.2) is 0 Å². The number of hydrogen-bond acceptors (Lipinski definition) is 2. The minimum absolute atomic E-state index is 0.254. The van der Waals surface area contributed by atoms with Crippen molar-refractivity contribution in [2.24, 2.45) is 5.73 Å². The SMILES string of the molecule is NC(c1ccc(F)cc1Br)c1cscc1Br. The lowest BCUT2D eigenvalue weighted by molar-refractivity contribution is 0.625. The molecule has 0 saturated heterocycles. The zero-order chi connectivity index (χ0) is 11.7. The molecule has 0 radical (unpaired) electrons. The van der Waals surface area contributed by atoms with Crippen LogP contribution in [0.3, 0.4) is 0 Å². The third-order valence-corrected chi connectivity index (χ3v) is 4.71. The summed E-state index contributed by atoms with van der Waals surface area (Å²) in [7, 11) is 0. The van der Waals surface area contributed by atoms with Crippen molar-refractivity contribution in [3.8, 4) is 0 Å². The highest BCUT2D eigenvalue weighted by molar-refractivity contribution is 9.10. The van der Waals surface area contributed by atoms with Gasteiger partial charge < -0.3 is 5.73 Å². The van der Waals surface area contributed by atoms with Crippen LogP contribution in [0.25, 0.3) is 0 Å². The Kier molecular flexibility index (Phi) is 3.79. The molecule has 2 aromatic rings. The molecular formula is C11H8Br2FNS. The fraction of sp³-hybridized carbons (Fsp3) is 0.0909. The number of benzene rings is 1. The van der Waals surface area contributed by atoms with Gasteiger partial charge in [0.25, 0.3) is 0 Å². The molecule has 2 rings (SSSR count). The van der Waals surface area contributed by atoms with E-state index in [9.17, 15) is 4.39 Å². The van der Waals surface area contributed by atoms with E-state index >= 15 is 0 Å². The summed E-state index contributed by atoms with van der Waals surface area (Å²) < 4.78 is 14.6. The fourth-order valence-electron chi connectivity index (χ4n) is 1.43. The van der Waals surface area contributed by atoms with E-state index < -0.39 is 0 Å². The first-order chi connectivity index (χ1) is 7.59.